The van der Waals surface area contributed by atoms with Gasteiger partial charge in [0.1, 0.15) is 0 Å². The zero-order chi connectivity index (χ0) is 16.4. The molecule has 21 heavy (non-hydrogen) atoms. The van der Waals surface area contributed by atoms with Gasteiger partial charge in [0.25, 0.3) is 15.0 Å². The molecule has 0 atom stereocenters. The van der Waals surface area contributed by atoms with Crippen LogP contribution in [0.3, 0.4) is 0 Å². The number of carbonyl (C=O) groups excluding carboxylic acids is 1. The Morgan fingerprint density at radius 2 is 2.00 bits per heavy atom. The van der Waals surface area contributed by atoms with Crippen molar-refractivity contribution in [3.63, 3.8) is 0 Å². The van der Waals surface area contributed by atoms with Crippen molar-refractivity contribution in [1.29, 1.82) is 0 Å². The number of hydrogen-bond donors (Lipinski definition) is 1. The molecule has 0 fully saturated rings. The molecular weight excluding hydrogens is 405 g/mol. The van der Waals surface area contributed by atoms with Crippen molar-refractivity contribution < 1.29 is 17.9 Å². The van der Waals surface area contributed by atoms with Crippen LogP contribution in [-0.2, 0) is 13.8 Å². The van der Waals surface area contributed by atoms with Gasteiger partial charge in [-0.25, -0.2) is 8.42 Å². The van der Waals surface area contributed by atoms with Crippen LogP contribution in [-0.4, -0.2) is 33.6 Å². The van der Waals surface area contributed by atoms with Gasteiger partial charge in [0.15, 0.2) is 0 Å². The van der Waals surface area contributed by atoms with Gasteiger partial charge in [0.2, 0.25) is 0 Å². The molecule has 1 amide bonds. The highest BCUT2D eigenvalue weighted by Gasteiger charge is 2.25. The summed E-state index contributed by atoms with van der Waals surface area (Å²) in [4.78, 5) is 12.0. The van der Waals surface area contributed by atoms with E-state index in [1.807, 2.05) is 0 Å². The second kappa shape index (κ2) is 6.83. The van der Waals surface area contributed by atoms with E-state index in [1.54, 1.807) is 13.8 Å². The van der Waals surface area contributed by atoms with Crippen LogP contribution in [0.1, 0.15) is 24.2 Å². The van der Waals surface area contributed by atoms with Crippen molar-refractivity contribution in [3.05, 3.63) is 27.2 Å². The Balaban J connectivity index is 3.22. The Hall–Kier alpha value is -0.340. The van der Waals surface area contributed by atoms with Gasteiger partial charge < -0.3 is 10.1 Å². The normalized spacial score (nSPS) is 12.3. The molecule has 1 aromatic rings. The SMILES string of the molecule is COCC(C)(C)NC(=O)c1cc(S(=O)(=O)Cl)c(Br)cc1Cl. The second-order valence-corrected chi connectivity index (χ2v) is 8.77. The number of halogens is 3. The molecule has 1 N–H and O–H groups in total. The monoisotopic (exact) mass is 417 g/mol. The minimum atomic E-state index is -4.00. The Labute approximate surface area is 141 Å². The average molecular weight is 419 g/mol. The van der Waals surface area contributed by atoms with E-state index in [1.165, 1.54) is 13.2 Å². The van der Waals surface area contributed by atoms with Crippen molar-refractivity contribution in [2.24, 2.45) is 0 Å². The summed E-state index contributed by atoms with van der Waals surface area (Å²) in [5.41, 5.74) is -0.620. The third kappa shape index (κ3) is 5.10. The van der Waals surface area contributed by atoms with E-state index < -0.39 is 20.5 Å². The highest BCUT2D eigenvalue weighted by molar-refractivity contribution is 9.10. The predicted octanol–water partition coefficient (Wildman–Crippen LogP) is 3.18. The number of amides is 1. The summed E-state index contributed by atoms with van der Waals surface area (Å²) in [6.07, 6.45) is 0. The third-order valence-electron chi connectivity index (χ3n) is 2.49. The fraction of sp³-hybridized carbons (Fsp3) is 0.417. The molecule has 0 spiro atoms. The molecule has 0 heterocycles. The molecule has 1 aromatic carbocycles. The zero-order valence-corrected chi connectivity index (χ0v) is 15.5. The molecule has 0 aliphatic rings. The molecule has 0 saturated heterocycles. The van der Waals surface area contributed by atoms with Gasteiger partial charge in [0.05, 0.1) is 27.6 Å². The molecular formula is C12H14BrCl2NO4S. The summed E-state index contributed by atoms with van der Waals surface area (Å²) in [5, 5.41) is 2.82. The number of benzene rings is 1. The van der Waals surface area contributed by atoms with Crippen molar-refractivity contribution in [2.75, 3.05) is 13.7 Å². The van der Waals surface area contributed by atoms with E-state index >= 15 is 0 Å². The molecule has 0 aliphatic carbocycles. The van der Waals surface area contributed by atoms with Crippen LogP contribution >= 0.6 is 38.2 Å². The largest absolute Gasteiger partial charge is 0.382 e. The van der Waals surface area contributed by atoms with Crippen LogP contribution in [0.25, 0.3) is 0 Å². The van der Waals surface area contributed by atoms with Crippen LogP contribution < -0.4 is 5.32 Å². The first kappa shape index (κ1) is 18.7. The van der Waals surface area contributed by atoms with E-state index in [4.69, 9.17) is 27.0 Å². The number of methoxy groups -OCH3 is 1. The first-order valence-electron chi connectivity index (χ1n) is 5.73. The molecule has 5 nitrogen and oxygen atoms in total. The van der Waals surface area contributed by atoms with Crippen molar-refractivity contribution in [2.45, 2.75) is 24.3 Å². The number of rotatable bonds is 5. The van der Waals surface area contributed by atoms with Crippen LogP contribution in [0.4, 0.5) is 0 Å². The van der Waals surface area contributed by atoms with E-state index in [9.17, 15) is 13.2 Å². The summed E-state index contributed by atoms with van der Waals surface area (Å²) >= 11 is 9.05. The number of hydrogen-bond acceptors (Lipinski definition) is 4. The Morgan fingerprint density at radius 1 is 1.43 bits per heavy atom. The lowest BCUT2D eigenvalue weighted by Crippen LogP contribution is -2.46. The Bertz CT molecular complexity index is 661. The van der Waals surface area contributed by atoms with Gasteiger partial charge in [-0.15, -0.1) is 0 Å². The number of ether oxygens (including phenoxy) is 1. The maximum absolute atomic E-state index is 12.2. The quantitative estimate of drug-likeness (QED) is 0.745. The van der Waals surface area contributed by atoms with Crippen molar-refractivity contribution in [1.82, 2.24) is 5.32 Å². The highest BCUT2D eigenvalue weighted by Crippen LogP contribution is 2.31. The van der Waals surface area contributed by atoms with E-state index in [0.29, 0.717) is 0 Å². The van der Waals surface area contributed by atoms with Gasteiger partial charge >= 0.3 is 0 Å². The van der Waals surface area contributed by atoms with Crippen LogP contribution in [0.15, 0.2) is 21.5 Å². The van der Waals surface area contributed by atoms with Crippen LogP contribution in [0, 0.1) is 0 Å². The van der Waals surface area contributed by atoms with Gasteiger partial charge in [-0.1, -0.05) is 11.6 Å². The van der Waals surface area contributed by atoms with E-state index in [2.05, 4.69) is 21.2 Å². The highest BCUT2D eigenvalue weighted by atomic mass is 79.9. The second-order valence-electron chi connectivity index (χ2n) is 4.97. The Morgan fingerprint density at radius 3 is 2.48 bits per heavy atom. The zero-order valence-electron chi connectivity index (χ0n) is 11.5. The lowest BCUT2D eigenvalue weighted by atomic mass is 10.1. The van der Waals surface area contributed by atoms with Crippen molar-refractivity contribution >= 4 is 53.2 Å². The van der Waals surface area contributed by atoms with Gasteiger partial charge in [-0.05, 0) is 41.9 Å². The standard InChI is InChI=1S/C12H14BrCl2NO4S/c1-12(2,6-20-3)16-11(17)7-4-10(21(15,18)19)8(13)5-9(7)14/h4-5H,6H2,1-3H3,(H,16,17). The maximum atomic E-state index is 12.2. The first-order chi connectivity index (χ1) is 9.48. The summed E-state index contributed by atoms with van der Waals surface area (Å²) in [5.74, 6) is -0.517. The molecule has 9 heteroatoms. The lowest BCUT2D eigenvalue weighted by molar-refractivity contribution is 0.0820. The number of nitrogens with one attached hydrogen (secondary N) is 1. The molecule has 1 rings (SSSR count). The van der Waals surface area contributed by atoms with Crippen LogP contribution in [0.5, 0.6) is 0 Å². The number of carbonyl (C=O) groups is 1. The van der Waals surface area contributed by atoms with Crippen molar-refractivity contribution in [3.8, 4) is 0 Å². The summed E-state index contributed by atoms with van der Waals surface area (Å²) < 4.78 is 28.1. The average Bonchev–Trinajstić information content (AvgIpc) is 2.25. The molecule has 0 aliphatic heterocycles. The van der Waals surface area contributed by atoms with Gasteiger partial charge in [-0.2, -0.15) is 0 Å². The van der Waals surface area contributed by atoms with Gasteiger partial charge in [-0.3, -0.25) is 4.79 Å². The molecule has 0 bridgehead atoms. The fourth-order valence-electron chi connectivity index (χ4n) is 1.66. The topological polar surface area (TPSA) is 72.5 Å². The summed E-state index contributed by atoms with van der Waals surface area (Å²) in [6, 6.07) is 2.45. The molecule has 0 radical (unpaired) electrons. The van der Waals surface area contributed by atoms with Gasteiger partial charge in [0, 0.05) is 22.3 Å². The minimum absolute atomic E-state index is 0.0169. The Kier molecular flexibility index (Phi) is 6.08. The minimum Gasteiger partial charge on any atom is -0.382 e. The molecule has 0 aromatic heterocycles. The van der Waals surface area contributed by atoms with E-state index in [0.717, 1.165) is 6.07 Å². The third-order valence-corrected chi connectivity index (χ3v) is 5.08. The molecule has 0 unspecified atom stereocenters. The summed E-state index contributed by atoms with van der Waals surface area (Å²) in [7, 11) is 2.84. The first-order valence-corrected chi connectivity index (χ1v) is 9.21. The summed E-state index contributed by atoms with van der Waals surface area (Å²) in [6.45, 7) is 3.81. The lowest BCUT2D eigenvalue weighted by Gasteiger charge is -2.25. The van der Waals surface area contributed by atoms with Crippen LogP contribution in [0.2, 0.25) is 5.02 Å². The maximum Gasteiger partial charge on any atom is 0.262 e. The smallest absolute Gasteiger partial charge is 0.262 e. The predicted molar refractivity (Wildman–Crippen MR) is 85.6 cm³/mol. The fourth-order valence-corrected chi connectivity index (χ4v) is 4.24. The molecule has 0 saturated carbocycles. The van der Waals surface area contributed by atoms with E-state index in [-0.39, 0.29) is 26.6 Å². The molecule has 118 valence electrons.